The van der Waals surface area contributed by atoms with Gasteiger partial charge in [0.25, 0.3) is 5.69 Å². The molecule has 0 fully saturated rings. The van der Waals surface area contributed by atoms with Gasteiger partial charge in [-0.2, -0.15) is 10.5 Å². The zero-order valence-electron chi connectivity index (χ0n) is 13.3. The van der Waals surface area contributed by atoms with Gasteiger partial charge in [-0.3, -0.25) is 10.1 Å². The number of nitriles is 2. The van der Waals surface area contributed by atoms with Crippen molar-refractivity contribution in [2.24, 2.45) is 0 Å². The van der Waals surface area contributed by atoms with Gasteiger partial charge in [-0.25, -0.2) is 0 Å². The average Bonchev–Trinajstić information content (AvgIpc) is 2.64. The number of para-hydroxylation sites is 1. The summed E-state index contributed by atoms with van der Waals surface area (Å²) in [6.45, 7) is 0.146. The lowest BCUT2D eigenvalue weighted by Gasteiger charge is -2.13. The topological polar surface area (TPSA) is 109 Å². The number of ether oxygens (including phenoxy) is 2. The zero-order chi connectivity index (χ0) is 18.2. The summed E-state index contributed by atoms with van der Waals surface area (Å²) in [5, 5.41) is 28.5. The Kier molecular flexibility index (Phi) is 5.70. The van der Waals surface area contributed by atoms with Crippen LogP contribution in [0.25, 0.3) is 6.08 Å². The second kappa shape index (κ2) is 8.14. The zero-order valence-corrected chi connectivity index (χ0v) is 13.3. The Labute approximate surface area is 144 Å². The van der Waals surface area contributed by atoms with Gasteiger partial charge in [0.05, 0.1) is 12.0 Å². The second-order valence-electron chi connectivity index (χ2n) is 4.87. The molecule has 0 bridgehead atoms. The molecule has 0 aromatic heterocycles. The Hall–Kier alpha value is -3.84. The van der Waals surface area contributed by atoms with E-state index in [9.17, 15) is 10.1 Å². The van der Waals surface area contributed by atoms with Crippen molar-refractivity contribution in [1.82, 2.24) is 0 Å². The van der Waals surface area contributed by atoms with Crippen molar-refractivity contribution in [2.45, 2.75) is 6.61 Å². The van der Waals surface area contributed by atoms with Crippen LogP contribution in [-0.2, 0) is 6.61 Å². The maximum absolute atomic E-state index is 10.7. The molecule has 2 aromatic carbocycles. The molecule has 0 heterocycles. The molecule has 0 spiro atoms. The van der Waals surface area contributed by atoms with Gasteiger partial charge in [0, 0.05) is 17.7 Å². The number of benzene rings is 2. The molecule has 124 valence electrons. The van der Waals surface area contributed by atoms with Gasteiger partial charge in [0.15, 0.2) is 11.5 Å². The molecule has 0 aliphatic heterocycles. The molecule has 25 heavy (non-hydrogen) atoms. The van der Waals surface area contributed by atoms with Crippen molar-refractivity contribution >= 4 is 11.8 Å². The van der Waals surface area contributed by atoms with Gasteiger partial charge in [-0.1, -0.05) is 12.1 Å². The SMILES string of the molecule is COc1cccc(C=C(C#N)C#N)c1OCc1ccc([N+](=O)[O-])cc1. The third kappa shape index (κ3) is 4.34. The van der Waals surface area contributed by atoms with E-state index in [4.69, 9.17) is 20.0 Å². The highest BCUT2D eigenvalue weighted by Gasteiger charge is 2.11. The molecular formula is C18H13N3O4. The molecule has 7 nitrogen and oxygen atoms in total. The molecule has 2 rings (SSSR count). The maximum atomic E-state index is 10.7. The number of rotatable bonds is 6. The van der Waals surface area contributed by atoms with E-state index in [1.54, 1.807) is 42.5 Å². The largest absolute Gasteiger partial charge is 0.493 e. The first-order valence-electron chi connectivity index (χ1n) is 7.14. The second-order valence-corrected chi connectivity index (χ2v) is 4.87. The van der Waals surface area contributed by atoms with Crippen molar-refractivity contribution in [2.75, 3.05) is 7.11 Å². The highest BCUT2D eigenvalue weighted by Crippen LogP contribution is 2.33. The van der Waals surface area contributed by atoms with E-state index >= 15 is 0 Å². The Balaban J connectivity index is 2.29. The smallest absolute Gasteiger partial charge is 0.269 e. The van der Waals surface area contributed by atoms with E-state index < -0.39 is 4.92 Å². The van der Waals surface area contributed by atoms with Crippen LogP contribution in [0.3, 0.4) is 0 Å². The highest BCUT2D eigenvalue weighted by atomic mass is 16.6. The molecule has 0 N–H and O–H groups in total. The van der Waals surface area contributed by atoms with Gasteiger partial charge in [-0.05, 0) is 29.8 Å². The number of allylic oxidation sites excluding steroid dienone is 1. The summed E-state index contributed by atoms with van der Waals surface area (Å²) in [4.78, 5) is 10.2. The first-order valence-corrected chi connectivity index (χ1v) is 7.14. The summed E-state index contributed by atoms with van der Waals surface area (Å²) in [5.41, 5.74) is 1.19. The van der Waals surface area contributed by atoms with Gasteiger partial charge < -0.3 is 9.47 Å². The fourth-order valence-corrected chi connectivity index (χ4v) is 2.08. The lowest BCUT2D eigenvalue weighted by atomic mass is 10.1. The number of non-ortho nitro benzene ring substituents is 1. The van der Waals surface area contributed by atoms with Crippen molar-refractivity contribution in [3.63, 3.8) is 0 Å². The minimum atomic E-state index is -0.473. The van der Waals surface area contributed by atoms with Gasteiger partial charge in [0.1, 0.15) is 24.3 Å². The van der Waals surface area contributed by atoms with Crippen LogP contribution in [0.5, 0.6) is 11.5 Å². The van der Waals surface area contributed by atoms with Crippen molar-refractivity contribution in [1.29, 1.82) is 10.5 Å². The van der Waals surface area contributed by atoms with Crippen LogP contribution in [0.1, 0.15) is 11.1 Å². The first-order chi connectivity index (χ1) is 12.1. The molecule has 0 saturated heterocycles. The third-order valence-corrected chi connectivity index (χ3v) is 3.30. The number of nitrogens with zero attached hydrogens (tertiary/aromatic N) is 3. The molecule has 0 aliphatic rings. The Bertz CT molecular complexity index is 874. The monoisotopic (exact) mass is 335 g/mol. The van der Waals surface area contributed by atoms with Crippen molar-refractivity contribution in [3.8, 4) is 23.6 Å². The van der Waals surface area contributed by atoms with Crippen LogP contribution in [0, 0.1) is 32.8 Å². The molecule has 0 aliphatic carbocycles. The number of nitro groups is 1. The van der Waals surface area contributed by atoms with Gasteiger partial charge in [0.2, 0.25) is 0 Å². The molecule has 0 saturated carbocycles. The van der Waals surface area contributed by atoms with E-state index in [-0.39, 0.29) is 17.9 Å². The number of methoxy groups -OCH3 is 1. The highest BCUT2D eigenvalue weighted by molar-refractivity contribution is 5.69. The summed E-state index contributed by atoms with van der Waals surface area (Å²) in [6, 6.07) is 14.7. The van der Waals surface area contributed by atoms with E-state index in [0.717, 1.165) is 5.56 Å². The number of hydrogen-bond acceptors (Lipinski definition) is 6. The molecule has 2 aromatic rings. The quantitative estimate of drug-likeness (QED) is 0.453. The third-order valence-electron chi connectivity index (χ3n) is 3.30. The van der Waals surface area contributed by atoms with Crippen molar-refractivity contribution in [3.05, 3.63) is 69.3 Å². The average molecular weight is 335 g/mol. The molecule has 0 radical (unpaired) electrons. The molecule has 0 atom stereocenters. The first kappa shape index (κ1) is 17.5. The van der Waals surface area contributed by atoms with Crippen LogP contribution in [-0.4, -0.2) is 12.0 Å². The molecule has 0 unspecified atom stereocenters. The molecular weight excluding hydrogens is 322 g/mol. The number of nitro benzene ring substituents is 1. The summed E-state index contributed by atoms with van der Waals surface area (Å²) in [6.07, 6.45) is 1.41. The maximum Gasteiger partial charge on any atom is 0.269 e. The Morgan fingerprint density at radius 3 is 2.44 bits per heavy atom. The fourth-order valence-electron chi connectivity index (χ4n) is 2.08. The predicted octanol–water partition coefficient (Wildman–Crippen LogP) is 3.61. The lowest BCUT2D eigenvalue weighted by molar-refractivity contribution is -0.384. The Morgan fingerprint density at radius 2 is 1.88 bits per heavy atom. The van der Waals surface area contributed by atoms with Crippen LogP contribution in [0.15, 0.2) is 48.0 Å². The van der Waals surface area contributed by atoms with Crippen molar-refractivity contribution < 1.29 is 14.4 Å². The van der Waals surface area contributed by atoms with Crippen LogP contribution in [0.2, 0.25) is 0 Å². The van der Waals surface area contributed by atoms with E-state index in [2.05, 4.69) is 0 Å². The van der Waals surface area contributed by atoms with Gasteiger partial charge in [-0.15, -0.1) is 0 Å². The standard InChI is InChI=1S/C18H13N3O4/c1-24-17-4-2-3-15(9-14(10-19)11-20)18(17)25-12-13-5-7-16(8-6-13)21(22)23/h2-9H,12H2,1H3. The normalized spacial score (nSPS) is 9.40. The van der Waals surface area contributed by atoms with E-state index in [1.807, 2.05) is 0 Å². The minimum absolute atomic E-state index is 0.00246. The van der Waals surface area contributed by atoms with Crippen LogP contribution in [0.4, 0.5) is 5.69 Å². The predicted molar refractivity (Wildman–Crippen MR) is 89.6 cm³/mol. The van der Waals surface area contributed by atoms with Crippen LogP contribution >= 0.6 is 0 Å². The van der Waals surface area contributed by atoms with E-state index in [1.165, 1.54) is 25.3 Å². The summed E-state index contributed by atoms with van der Waals surface area (Å²) in [7, 11) is 1.48. The van der Waals surface area contributed by atoms with Gasteiger partial charge >= 0.3 is 0 Å². The van der Waals surface area contributed by atoms with E-state index in [0.29, 0.717) is 17.1 Å². The summed E-state index contributed by atoms with van der Waals surface area (Å²) < 4.78 is 11.0. The molecule has 0 amide bonds. The fraction of sp³-hybridized carbons (Fsp3) is 0.111. The molecule has 7 heteroatoms. The number of hydrogen-bond donors (Lipinski definition) is 0. The van der Waals surface area contributed by atoms with Crippen LogP contribution < -0.4 is 9.47 Å². The summed E-state index contributed by atoms with van der Waals surface area (Å²) in [5.74, 6) is 0.831. The lowest BCUT2D eigenvalue weighted by Crippen LogP contribution is -2.00. The minimum Gasteiger partial charge on any atom is -0.493 e. The summed E-state index contributed by atoms with van der Waals surface area (Å²) >= 11 is 0. The Morgan fingerprint density at radius 1 is 1.20 bits per heavy atom.